The molecule has 0 radical (unpaired) electrons. The van der Waals surface area contributed by atoms with E-state index in [-0.39, 0.29) is 5.92 Å². The van der Waals surface area contributed by atoms with Crippen LogP contribution in [0.4, 0.5) is 0 Å². The Balaban J connectivity index is 1.87. The van der Waals surface area contributed by atoms with Crippen molar-refractivity contribution in [2.45, 2.75) is 50.5 Å². The van der Waals surface area contributed by atoms with Crippen molar-refractivity contribution in [3.05, 3.63) is 72.5 Å². The summed E-state index contributed by atoms with van der Waals surface area (Å²) in [7, 11) is 0. The second-order valence-corrected chi connectivity index (χ2v) is 5.90. The summed E-state index contributed by atoms with van der Waals surface area (Å²) in [5.41, 5.74) is 0.253. The van der Waals surface area contributed by atoms with Crippen molar-refractivity contribution in [1.82, 2.24) is 0 Å². The molecule has 0 atom stereocenters. The lowest BCUT2D eigenvalue weighted by molar-refractivity contribution is 0.163. The minimum atomic E-state index is -0.967. The normalized spacial score (nSPS) is 23.0. The molecule has 0 saturated carbocycles. The summed E-state index contributed by atoms with van der Waals surface area (Å²) in [5, 5.41) is 9.46. The summed E-state index contributed by atoms with van der Waals surface area (Å²) >= 11 is 0. The Morgan fingerprint density at radius 3 is 2.52 bits per heavy atom. The SMILES string of the molecule is CCCCCC/C=C/OC1(C#N)C=CC(c2ccccc2)C=C1. The summed E-state index contributed by atoms with van der Waals surface area (Å²) < 4.78 is 5.70. The first-order valence-electron chi connectivity index (χ1n) is 8.47. The molecular formula is C21H25NO. The maximum atomic E-state index is 9.46. The summed E-state index contributed by atoms with van der Waals surface area (Å²) in [6.45, 7) is 2.21. The van der Waals surface area contributed by atoms with E-state index in [1.807, 2.05) is 48.6 Å². The third kappa shape index (κ3) is 5.14. The van der Waals surface area contributed by atoms with Crippen LogP contribution in [0.5, 0.6) is 0 Å². The molecule has 1 aliphatic rings. The predicted molar refractivity (Wildman–Crippen MR) is 94.8 cm³/mol. The second kappa shape index (κ2) is 9.00. The van der Waals surface area contributed by atoms with E-state index in [1.165, 1.54) is 31.2 Å². The monoisotopic (exact) mass is 307 g/mol. The van der Waals surface area contributed by atoms with Gasteiger partial charge in [0.2, 0.25) is 5.60 Å². The summed E-state index contributed by atoms with van der Waals surface area (Å²) in [4.78, 5) is 0. The van der Waals surface area contributed by atoms with Gasteiger partial charge in [-0.1, -0.05) is 68.7 Å². The Hall–Kier alpha value is -2.27. The van der Waals surface area contributed by atoms with Crippen LogP contribution in [-0.2, 0) is 4.74 Å². The Bertz CT molecular complexity index is 578. The average molecular weight is 307 g/mol. The lowest BCUT2D eigenvalue weighted by Gasteiger charge is -2.23. The standard InChI is InChI=1S/C21H25NO/c1-2-3-4-5-6-10-17-23-21(18-22)15-13-20(14-16-21)19-11-8-7-9-12-19/h7-17,20H,2-6H2,1H3/b17-10+. The number of benzene rings is 1. The number of ether oxygens (including phenoxy) is 1. The number of nitriles is 1. The Morgan fingerprint density at radius 1 is 1.13 bits per heavy atom. The Morgan fingerprint density at radius 2 is 1.87 bits per heavy atom. The van der Waals surface area contributed by atoms with Gasteiger partial charge in [-0.3, -0.25) is 0 Å². The molecule has 2 rings (SSSR count). The summed E-state index contributed by atoms with van der Waals surface area (Å²) in [6, 6.07) is 12.5. The summed E-state index contributed by atoms with van der Waals surface area (Å²) in [6.07, 6.45) is 17.4. The molecule has 0 bridgehead atoms. The van der Waals surface area contributed by atoms with Crippen LogP contribution in [0.25, 0.3) is 0 Å². The van der Waals surface area contributed by atoms with Crippen LogP contribution in [-0.4, -0.2) is 5.60 Å². The fourth-order valence-electron chi connectivity index (χ4n) is 2.61. The van der Waals surface area contributed by atoms with Crippen molar-refractivity contribution < 1.29 is 4.74 Å². The zero-order valence-corrected chi connectivity index (χ0v) is 13.8. The molecule has 0 unspecified atom stereocenters. The van der Waals surface area contributed by atoms with Gasteiger partial charge < -0.3 is 4.74 Å². The lowest BCUT2D eigenvalue weighted by atomic mass is 9.89. The van der Waals surface area contributed by atoms with Gasteiger partial charge in [-0.2, -0.15) is 5.26 Å². The Labute approximate surface area is 139 Å². The molecule has 0 saturated heterocycles. The fraction of sp³-hybridized carbons (Fsp3) is 0.381. The molecular weight excluding hydrogens is 282 g/mol. The first-order valence-corrected chi connectivity index (χ1v) is 8.47. The minimum absolute atomic E-state index is 0.208. The first-order chi connectivity index (χ1) is 11.3. The molecule has 1 aromatic carbocycles. The molecule has 2 heteroatoms. The van der Waals surface area contributed by atoms with Crippen molar-refractivity contribution in [3.63, 3.8) is 0 Å². The summed E-state index contributed by atoms with van der Waals surface area (Å²) in [5.74, 6) is 0.208. The number of allylic oxidation sites excluding steroid dienone is 3. The number of unbranched alkanes of at least 4 members (excludes halogenated alkanes) is 4. The highest BCUT2D eigenvalue weighted by molar-refractivity contribution is 5.39. The van der Waals surface area contributed by atoms with Crippen LogP contribution >= 0.6 is 0 Å². The average Bonchev–Trinajstić information content (AvgIpc) is 2.62. The van der Waals surface area contributed by atoms with Gasteiger partial charge in [-0.25, -0.2) is 0 Å². The lowest BCUT2D eigenvalue weighted by Crippen LogP contribution is -2.25. The van der Waals surface area contributed by atoms with Crippen LogP contribution in [0, 0.1) is 11.3 Å². The minimum Gasteiger partial charge on any atom is -0.473 e. The van der Waals surface area contributed by atoms with E-state index in [9.17, 15) is 5.26 Å². The van der Waals surface area contributed by atoms with Gasteiger partial charge in [0.25, 0.3) is 0 Å². The van der Waals surface area contributed by atoms with Crippen molar-refractivity contribution in [1.29, 1.82) is 5.26 Å². The van der Waals surface area contributed by atoms with Crippen molar-refractivity contribution in [2.75, 3.05) is 0 Å². The molecule has 0 fully saturated rings. The molecule has 0 N–H and O–H groups in total. The highest BCUT2D eigenvalue weighted by Crippen LogP contribution is 2.28. The van der Waals surface area contributed by atoms with Gasteiger partial charge in [0.15, 0.2) is 0 Å². The topological polar surface area (TPSA) is 33.0 Å². The van der Waals surface area contributed by atoms with E-state index in [4.69, 9.17) is 4.74 Å². The van der Waals surface area contributed by atoms with Crippen LogP contribution in [0.15, 0.2) is 67.0 Å². The predicted octanol–water partition coefficient (Wildman–Crippen LogP) is 5.66. The third-order valence-electron chi connectivity index (χ3n) is 4.05. The molecule has 0 heterocycles. The molecule has 1 aromatic rings. The smallest absolute Gasteiger partial charge is 0.230 e. The van der Waals surface area contributed by atoms with Crippen molar-refractivity contribution >= 4 is 0 Å². The van der Waals surface area contributed by atoms with E-state index in [0.29, 0.717) is 0 Å². The molecule has 23 heavy (non-hydrogen) atoms. The van der Waals surface area contributed by atoms with Gasteiger partial charge >= 0.3 is 0 Å². The molecule has 0 aliphatic heterocycles. The maximum absolute atomic E-state index is 9.46. The van der Waals surface area contributed by atoms with Crippen LogP contribution in [0.1, 0.15) is 50.5 Å². The maximum Gasteiger partial charge on any atom is 0.230 e. The highest BCUT2D eigenvalue weighted by Gasteiger charge is 2.27. The van der Waals surface area contributed by atoms with Crippen LogP contribution in [0.3, 0.4) is 0 Å². The Kier molecular flexibility index (Phi) is 6.69. The molecule has 0 aromatic heterocycles. The van der Waals surface area contributed by atoms with Crippen molar-refractivity contribution in [3.8, 4) is 6.07 Å². The zero-order chi connectivity index (χ0) is 16.4. The molecule has 1 aliphatic carbocycles. The number of nitrogens with zero attached hydrogens (tertiary/aromatic N) is 1. The van der Waals surface area contributed by atoms with E-state index < -0.39 is 5.60 Å². The number of hydrogen-bond donors (Lipinski definition) is 0. The second-order valence-electron chi connectivity index (χ2n) is 5.90. The van der Waals surface area contributed by atoms with Gasteiger partial charge in [0, 0.05) is 5.92 Å². The molecule has 0 spiro atoms. The van der Waals surface area contributed by atoms with Crippen LogP contribution < -0.4 is 0 Å². The molecule has 2 nitrogen and oxygen atoms in total. The zero-order valence-electron chi connectivity index (χ0n) is 13.8. The van der Waals surface area contributed by atoms with Gasteiger partial charge in [0.05, 0.1) is 6.26 Å². The quantitative estimate of drug-likeness (QED) is 0.353. The number of hydrogen-bond acceptors (Lipinski definition) is 2. The van der Waals surface area contributed by atoms with Gasteiger partial charge in [-0.15, -0.1) is 0 Å². The van der Waals surface area contributed by atoms with Crippen LogP contribution in [0.2, 0.25) is 0 Å². The van der Waals surface area contributed by atoms with E-state index in [1.54, 1.807) is 6.26 Å². The van der Waals surface area contributed by atoms with Crippen molar-refractivity contribution in [2.24, 2.45) is 0 Å². The van der Waals surface area contributed by atoms with Gasteiger partial charge in [-0.05, 0) is 36.6 Å². The number of rotatable bonds is 8. The van der Waals surface area contributed by atoms with E-state index in [0.717, 1.165) is 6.42 Å². The van der Waals surface area contributed by atoms with Gasteiger partial charge in [0.1, 0.15) is 6.07 Å². The molecule has 0 amide bonds. The van der Waals surface area contributed by atoms with E-state index in [2.05, 4.69) is 25.1 Å². The fourth-order valence-corrected chi connectivity index (χ4v) is 2.61. The highest BCUT2D eigenvalue weighted by atomic mass is 16.5. The largest absolute Gasteiger partial charge is 0.473 e. The third-order valence-corrected chi connectivity index (χ3v) is 4.05. The van der Waals surface area contributed by atoms with E-state index >= 15 is 0 Å². The molecule has 120 valence electrons. The first kappa shape index (κ1) is 17.1.